The van der Waals surface area contributed by atoms with Crippen LogP contribution >= 0.6 is 0 Å². The molecule has 2 aliphatic rings. The summed E-state index contributed by atoms with van der Waals surface area (Å²) in [7, 11) is 0. The second kappa shape index (κ2) is 7.90. The molecule has 1 aromatic rings. The molecular weight excluding hydrogens is 372 g/mol. The van der Waals surface area contributed by atoms with Gasteiger partial charge in [-0.2, -0.15) is 5.10 Å². The third-order valence-electron chi connectivity index (χ3n) is 3.59. The Morgan fingerprint density at radius 1 is 1.00 bits per heavy atom. The van der Waals surface area contributed by atoms with Crippen molar-refractivity contribution in [3.63, 3.8) is 0 Å². The molecule has 2 amide bonds. The molecule has 2 N–H and O–H groups in total. The van der Waals surface area contributed by atoms with Gasteiger partial charge in [0.15, 0.2) is 0 Å². The Morgan fingerprint density at radius 3 is 2.48 bits per heavy atom. The molecule has 7 nitrogen and oxygen atoms in total. The van der Waals surface area contributed by atoms with Crippen LogP contribution in [0.3, 0.4) is 0 Å². The van der Waals surface area contributed by atoms with Crippen LogP contribution in [0.4, 0.5) is 0 Å². The van der Waals surface area contributed by atoms with Crippen molar-refractivity contribution in [1.82, 2.24) is 10.7 Å². The van der Waals surface area contributed by atoms with E-state index in [9.17, 15) is 9.59 Å². The van der Waals surface area contributed by atoms with Crippen LogP contribution in [-0.2, 0) is 19.5 Å². The summed E-state index contributed by atoms with van der Waals surface area (Å²) in [6.07, 6.45) is 5.48. The molecule has 2 heterocycles. The Hall–Kier alpha value is -2.73. The number of azo groups is 1. The molecule has 0 aliphatic carbocycles. The van der Waals surface area contributed by atoms with Crippen molar-refractivity contribution in [3.05, 3.63) is 70.7 Å². The molecule has 3 rings (SSSR count). The SMILES string of the molecule is CC1=NNC(=O)c2ccccc2C(=O)N=NC(C)=C2C=CC=C1N2.[Zn+2]. The van der Waals surface area contributed by atoms with Gasteiger partial charge in [-0.3, -0.25) is 9.59 Å². The number of hydrogen-bond donors (Lipinski definition) is 2. The van der Waals surface area contributed by atoms with Crippen molar-refractivity contribution in [3.8, 4) is 0 Å². The monoisotopic (exact) mass is 385 g/mol. The number of carbonyl (C=O) groups is 2. The molecule has 1 aromatic carbocycles. The van der Waals surface area contributed by atoms with Gasteiger partial charge in [0.25, 0.3) is 11.8 Å². The fourth-order valence-electron chi connectivity index (χ4n) is 2.24. The summed E-state index contributed by atoms with van der Waals surface area (Å²) in [6, 6.07) is 6.42. The van der Waals surface area contributed by atoms with E-state index in [-0.39, 0.29) is 30.6 Å². The van der Waals surface area contributed by atoms with Crippen LogP contribution in [0.1, 0.15) is 34.6 Å². The van der Waals surface area contributed by atoms with Crippen LogP contribution in [0.15, 0.2) is 74.9 Å². The van der Waals surface area contributed by atoms with Gasteiger partial charge in [-0.1, -0.05) is 18.2 Å². The number of amides is 2. The fraction of sp³-hybridized carbons (Fsp3) is 0.118. The van der Waals surface area contributed by atoms with E-state index in [1.165, 1.54) is 6.07 Å². The van der Waals surface area contributed by atoms with Crippen LogP contribution in [0.2, 0.25) is 0 Å². The fourth-order valence-corrected chi connectivity index (χ4v) is 2.24. The third-order valence-corrected chi connectivity index (χ3v) is 3.59. The average Bonchev–Trinajstić information content (AvgIpc) is 2.63. The number of nitrogens with zero attached hydrogens (tertiary/aromatic N) is 3. The van der Waals surface area contributed by atoms with E-state index in [1.54, 1.807) is 32.0 Å². The number of benzene rings is 1. The van der Waals surface area contributed by atoms with Crippen molar-refractivity contribution in [2.75, 3.05) is 0 Å². The van der Waals surface area contributed by atoms with Crippen LogP contribution in [0.25, 0.3) is 0 Å². The van der Waals surface area contributed by atoms with E-state index >= 15 is 0 Å². The minimum absolute atomic E-state index is 0. The summed E-state index contributed by atoms with van der Waals surface area (Å²) >= 11 is 0. The quantitative estimate of drug-likeness (QED) is 0.671. The predicted molar refractivity (Wildman–Crippen MR) is 89.3 cm³/mol. The van der Waals surface area contributed by atoms with Crippen molar-refractivity contribution in [1.29, 1.82) is 0 Å². The number of allylic oxidation sites excluding steroid dienone is 5. The maximum atomic E-state index is 12.3. The van der Waals surface area contributed by atoms with E-state index in [0.29, 0.717) is 17.1 Å². The Labute approximate surface area is 157 Å². The Kier molecular flexibility index (Phi) is 5.88. The summed E-state index contributed by atoms with van der Waals surface area (Å²) in [4.78, 5) is 24.6. The largest absolute Gasteiger partial charge is 2.00 e. The Bertz CT molecular complexity index is 881. The molecule has 0 saturated carbocycles. The summed E-state index contributed by atoms with van der Waals surface area (Å²) < 4.78 is 0. The molecular formula is C17H15N5O2Zn+2. The van der Waals surface area contributed by atoms with Crippen LogP contribution < -0.4 is 10.7 Å². The molecule has 120 valence electrons. The number of rotatable bonds is 0. The second-order valence-corrected chi connectivity index (χ2v) is 5.25. The van der Waals surface area contributed by atoms with Crippen molar-refractivity contribution in [2.45, 2.75) is 13.8 Å². The molecule has 0 aromatic heterocycles. The smallest absolute Gasteiger partial charge is 0.352 e. The van der Waals surface area contributed by atoms with Gasteiger partial charge in [-0.05, 0) is 38.1 Å². The van der Waals surface area contributed by atoms with E-state index in [1.807, 2.05) is 18.2 Å². The first kappa shape index (κ1) is 18.6. The summed E-state index contributed by atoms with van der Waals surface area (Å²) in [5, 5.41) is 15.0. The molecule has 0 unspecified atom stereocenters. The van der Waals surface area contributed by atoms with Gasteiger partial charge in [0.05, 0.1) is 33.9 Å². The van der Waals surface area contributed by atoms with E-state index in [0.717, 1.165) is 5.70 Å². The minimum atomic E-state index is -0.587. The maximum absolute atomic E-state index is 12.3. The van der Waals surface area contributed by atoms with Crippen LogP contribution in [0.5, 0.6) is 0 Å². The molecule has 2 bridgehead atoms. The van der Waals surface area contributed by atoms with Gasteiger partial charge in [0.2, 0.25) is 0 Å². The van der Waals surface area contributed by atoms with E-state index in [2.05, 4.69) is 26.1 Å². The summed E-state index contributed by atoms with van der Waals surface area (Å²) in [5.41, 5.74) is 5.42. The first-order chi connectivity index (χ1) is 11.6. The van der Waals surface area contributed by atoms with Crippen molar-refractivity contribution in [2.24, 2.45) is 15.3 Å². The zero-order valence-corrected chi connectivity index (χ0v) is 16.9. The number of carbonyl (C=O) groups excluding carboxylic acids is 2. The molecule has 2 aliphatic heterocycles. The number of hydrazone groups is 1. The topological polar surface area (TPSA) is 95.3 Å². The van der Waals surface area contributed by atoms with E-state index < -0.39 is 11.8 Å². The Morgan fingerprint density at radius 2 is 1.72 bits per heavy atom. The van der Waals surface area contributed by atoms with Crippen molar-refractivity contribution >= 4 is 17.5 Å². The minimum Gasteiger partial charge on any atom is -0.352 e. The molecule has 0 saturated heterocycles. The predicted octanol–water partition coefficient (Wildman–Crippen LogP) is 2.67. The number of dihydropyridines is 1. The average molecular weight is 387 g/mol. The van der Waals surface area contributed by atoms with Gasteiger partial charge in [-0.25, -0.2) is 5.43 Å². The number of hydrogen-bond acceptors (Lipinski definition) is 5. The molecule has 0 fully saturated rings. The molecule has 0 spiro atoms. The third kappa shape index (κ3) is 4.03. The second-order valence-electron chi connectivity index (χ2n) is 5.25. The Balaban J connectivity index is 0.00000225. The summed E-state index contributed by atoms with van der Waals surface area (Å²) in [5.74, 6) is -1.07. The zero-order chi connectivity index (χ0) is 17.1. The van der Waals surface area contributed by atoms with Crippen molar-refractivity contribution < 1.29 is 29.1 Å². The molecule has 25 heavy (non-hydrogen) atoms. The standard InChI is InChI=1S/C17H15N5O2.Zn/c1-10-14-8-5-9-15(18-14)11(2)20-22-17(24)13-7-4-3-6-12(13)16(23)21-19-10;/h3-9,18H,1-2H3,(H,21,23);/q;+2. The number of nitrogens with one attached hydrogen (secondary N) is 2. The first-order valence-electron chi connectivity index (χ1n) is 7.32. The normalized spacial score (nSPS) is 16.9. The van der Waals surface area contributed by atoms with Gasteiger partial charge in [0.1, 0.15) is 0 Å². The van der Waals surface area contributed by atoms with Crippen LogP contribution in [-0.4, -0.2) is 17.5 Å². The zero-order valence-electron chi connectivity index (χ0n) is 13.9. The van der Waals surface area contributed by atoms with Gasteiger partial charge >= 0.3 is 19.5 Å². The molecule has 8 heteroatoms. The van der Waals surface area contributed by atoms with Gasteiger partial charge in [-0.15, -0.1) is 10.2 Å². The summed E-state index contributed by atoms with van der Waals surface area (Å²) in [6.45, 7) is 3.51. The molecule has 0 radical (unpaired) electrons. The first-order valence-corrected chi connectivity index (χ1v) is 7.32. The van der Waals surface area contributed by atoms with Gasteiger partial charge in [0, 0.05) is 0 Å². The van der Waals surface area contributed by atoms with Gasteiger partial charge < -0.3 is 5.32 Å². The number of fused-ring (bicyclic) bond motifs is 3. The van der Waals surface area contributed by atoms with E-state index in [4.69, 9.17) is 0 Å². The molecule has 0 atom stereocenters. The maximum Gasteiger partial charge on any atom is 2.00 e. The van der Waals surface area contributed by atoms with Crippen LogP contribution in [0, 0.1) is 0 Å².